The molecule has 3 N–H and O–H groups in total. The fourth-order valence-corrected chi connectivity index (χ4v) is 2.16. The number of nitrogens with one attached hydrogen (secondary N) is 1. The van der Waals surface area contributed by atoms with Crippen LogP contribution < -0.4 is 16.2 Å². The van der Waals surface area contributed by atoms with Crippen LogP contribution in [-0.2, 0) is 6.54 Å². The van der Waals surface area contributed by atoms with E-state index in [-0.39, 0.29) is 11.8 Å². The number of nitrogens with zero attached hydrogens (tertiary/aromatic N) is 3. The van der Waals surface area contributed by atoms with Crippen molar-refractivity contribution in [3.05, 3.63) is 34.4 Å². The molecule has 2 rings (SSSR count). The average Bonchev–Trinajstić information content (AvgIpc) is 2.82. The summed E-state index contributed by atoms with van der Waals surface area (Å²) in [6.07, 6.45) is 1.10. The van der Waals surface area contributed by atoms with E-state index in [0.29, 0.717) is 6.54 Å². The Hall–Kier alpha value is -1.73. The Morgan fingerprint density at radius 1 is 1.59 bits per heavy atom. The highest BCUT2D eigenvalue weighted by Gasteiger charge is 2.12. The van der Waals surface area contributed by atoms with E-state index in [0.717, 1.165) is 11.1 Å². The summed E-state index contributed by atoms with van der Waals surface area (Å²) in [6, 6.07) is 3.94. The van der Waals surface area contributed by atoms with Crippen LogP contribution in [0, 0.1) is 5.82 Å². The first-order chi connectivity index (χ1) is 8.20. The molecule has 90 valence electrons. The van der Waals surface area contributed by atoms with Gasteiger partial charge >= 0.3 is 0 Å². The number of anilines is 2. The van der Waals surface area contributed by atoms with Gasteiger partial charge < -0.3 is 4.90 Å². The second kappa shape index (κ2) is 5.07. The van der Waals surface area contributed by atoms with Gasteiger partial charge in [0.2, 0.25) is 5.95 Å². The molecule has 0 aliphatic carbocycles. The molecule has 0 aliphatic rings. The normalized spacial score (nSPS) is 10.3. The molecule has 0 spiro atoms. The largest absolute Gasteiger partial charge is 0.352 e. The predicted molar refractivity (Wildman–Crippen MR) is 66.2 cm³/mol. The zero-order valence-electron chi connectivity index (χ0n) is 9.22. The quantitative estimate of drug-likeness (QED) is 0.640. The van der Waals surface area contributed by atoms with Crippen molar-refractivity contribution >= 4 is 23.1 Å². The fourth-order valence-electron chi connectivity index (χ4n) is 1.41. The van der Waals surface area contributed by atoms with Gasteiger partial charge in [-0.15, -0.1) is 11.3 Å². The summed E-state index contributed by atoms with van der Waals surface area (Å²) >= 11 is 1.61. The first-order valence-electron chi connectivity index (χ1n) is 4.93. The standard InChI is InChI=1S/C10H12FN5S/c1-16(6-7-3-2-4-17-7)9-8(11)5-13-10(14-9)15-12/h2-5H,6,12H2,1H3,(H,13,14,15). The number of hydrazine groups is 1. The Kier molecular flexibility index (Phi) is 3.50. The van der Waals surface area contributed by atoms with Crippen LogP contribution >= 0.6 is 11.3 Å². The van der Waals surface area contributed by atoms with Gasteiger partial charge in [0, 0.05) is 11.9 Å². The molecule has 0 aromatic carbocycles. The van der Waals surface area contributed by atoms with Crippen molar-refractivity contribution in [2.45, 2.75) is 6.54 Å². The van der Waals surface area contributed by atoms with Gasteiger partial charge in [0.15, 0.2) is 11.6 Å². The second-order valence-electron chi connectivity index (χ2n) is 3.44. The summed E-state index contributed by atoms with van der Waals surface area (Å²) in [4.78, 5) is 10.5. The minimum Gasteiger partial charge on any atom is -0.352 e. The van der Waals surface area contributed by atoms with Gasteiger partial charge in [0.1, 0.15) is 0 Å². The maximum Gasteiger partial charge on any atom is 0.239 e. The van der Waals surface area contributed by atoms with Crippen LogP contribution in [0.15, 0.2) is 23.7 Å². The van der Waals surface area contributed by atoms with Crippen molar-refractivity contribution in [2.24, 2.45) is 5.84 Å². The predicted octanol–water partition coefficient (Wildman–Crippen LogP) is 1.60. The minimum atomic E-state index is -0.469. The molecule has 0 bridgehead atoms. The molecule has 0 saturated heterocycles. The topological polar surface area (TPSA) is 67.1 Å². The highest BCUT2D eigenvalue weighted by atomic mass is 32.1. The molecular formula is C10H12FN5S. The Morgan fingerprint density at radius 2 is 2.41 bits per heavy atom. The Labute approximate surface area is 102 Å². The molecule has 0 radical (unpaired) electrons. The summed E-state index contributed by atoms with van der Waals surface area (Å²) in [6.45, 7) is 0.593. The van der Waals surface area contributed by atoms with Gasteiger partial charge in [0.25, 0.3) is 0 Å². The van der Waals surface area contributed by atoms with Crippen LogP contribution in [0.4, 0.5) is 16.2 Å². The number of nitrogens with two attached hydrogens (primary N) is 1. The summed E-state index contributed by atoms with van der Waals surface area (Å²) in [5, 5.41) is 1.98. The van der Waals surface area contributed by atoms with E-state index >= 15 is 0 Å². The number of nitrogen functional groups attached to an aromatic ring is 1. The Balaban J connectivity index is 2.20. The molecular weight excluding hydrogens is 241 g/mol. The zero-order chi connectivity index (χ0) is 12.3. The van der Waals surface area contributed by atoms with Crippen molar-refractivity contribution in [1.29, 1.82) is 0 Å². The van der Waals surface area contributed by atoms with Crippen LogP contribution in [0.5, 0.6) is 0 Å². The van der Waals surface area contributed by atoms with E-state index in [1.807, 2.05) is 17.5 Å². The number of aromatic nitrogens is 2. The van der Waals surface area contributed by atoms with Gasteiger partial charge in [-0.25, -0.2) is 15.2 Å². The molecule has 2 aromatic rings. The highest BCUT2D eigenvalue weighted by Crippen LogP contribution is 2.19. The van der Waals surface area contributed by atoms with Gasteiger partial charge in [-0.05, 0) is 11.4 Å². The molecule has 2 aromatic heterocycles. The lowest BCUT2D eigenvalue weighted by atomic mass is 10.4. The maximum absolute atomic E-state index is 13.6. The third-order valence-electron chi connectivity index (χ3n) is 2.19. The number of hydrogen-bond donors (Lipinski definition) is 2. The van der Waals surface area contributed by atoms with Crippen molar-refractivity contribution in [2.75, 3.05) is 17.4 Å². The molecule has 5 nitrogen and oxygen atoms in total. The number of hydrogen-bond acceptors (Lipinski definition) is 6. The van der Waals surface area contributed by atoms with Gasteiger partial charge in [0.05, 0.1) is 12.7 Å². The molecule has 0 aliphatic heterocycles. The number of halogens is 1. The molecule has 0 fully saturated rings. The van der Waals surface area contributed by atoms with E-state index < -0.39 is 5.82 Å². The molecule has 2 heterocycles. The first kappa shape index (κ1) is 11.7. The lowest BCUT2D eigenvalue weighted by Crippen LogP contribution is -2.20. The first-order valence-corrected chi connectivity index (χ1v) is 5.81. The average molecular weight is 253 g/mol. The summed E-state index contributed by atoms with van der Waals surface area (Å²) in [5.74, 6) is 5.14. The van der Waals surface area contributed by atoms with Gasteiger partial charge in [-0.3, -0.25) is 5.43 Å². The Morgan fingerprint density at radius 3 is 3.06 bits per heavy atom. The summed E-state index contributed by atoms with van der Waals surface area (Å²) in [7, 11) is 1.77. The maximum atomic E-state index is 13.6. The molecule has 0 unspecified atom stereocenters. The van der Waals surface area contributed by atoms with E-state index in [4.69, 9.17) is 5.84 Å². The number of thiophene rings is 1. The summed E-state index contributed by atoms with van der Waals surface area (Å²) < 4.78 is 13.6. The smallest absolute Gasteiger partial charge is 0.239 e. The molecule has 0 saturated carbocycles. The van der Waals surface area contributed by atoms with Crippen molar-refractivity contribution in [1.82, 2.24) is 9.97 Å². The van der Waals surface area contributed by atoms with Crippen LogP contribution in [0.25, 0.3) is 0 Å². The van der Waals surface area contributed by atoms with Gasteiger partial charge in [-0.1, -0.05) is 6.07 Å². The van der Waals surface area contributed by atoms with E-state index in [2.05, 4.69) is 15.4 Å². The van der Waals surface area contributed by atoms with Crippen LogP contribution in [0.1, 0.15) is 4.88 Å². The molecule has 0 atom stereocenters. The van der Waals surface area contributed by atoms with Crippen molar-refractivity contribution in [3.8, 4) is 0 Å². The molecule has 0 amide bonds. The van der Waals surface area contributed by atoms with Gasteiger partial charge in [-0.2, -0.15) is 4.98 Å². The zero-order valence-corrected chi connectivity index (χ0v) is 10.0. The van der Waals surface area contributed by atoms with E-state index in [9.17, 15) is 4.39 Å². The monoisotopic (exact) mass is 253 g/mol. The van der Waals surface area contributed by atoms with Crippen LogP contribution in [0.2, 0.25) is 0 Å². The van der Waals surface area contributed by atoms with Crippen molar-refractivity contribution < 1.29 is 4.39 Å². The second-order valence-corrected chi connectivity index (χ2v) is 4.48. The molecule has 7 heteroatoms. The lowest BCUT2D eigenvalue weighted by Gasteiger charge is -2.18. The number of rotatable bonds is 4. The minimum absolute atomic E-state index is 0.194. The van der Waals surface area contributed by atoms with Crippen LogP contribution in [0.3, 0.4) is 0 Å². The van der Waals surface area contributed by atoms with E-state index in [1.165, 1.54) is 0 Å². The van der Waals surface area contributed by atoms with E-state index in [1.54, 1.807) is 23.3 Å². The molecule has 17 heavy (non-hydrogen) atoms. The fraction of sp³-hybridized carbons (Fsp3) is 0.200. The lowest BCUT2D eigenvalue weighted by molar-refractivity contribution is 0.608. The third kappa shape index (κ3) is 2.69. The Bertz CT molecular complexity index is 487. The van der Waals surface area contributed by atoms with Crippen molar-refractivity contribution in [3.63, 3.8) is 0 Å². The van der Waals surface area contributed by atoms with Crippen LogP contribution in [-0.4, -0.2) is 17.0 Å². The summed E-state index contributed by atoms with van der Waals surface area (Å²) in [5.41, 5.74) is 2.30. The highest BCUT2D eigenvalue weighted by molar-refractivity contribution is 7.09. The third-order valence-corrected chi connectivity index (χ3v) is 3.05. The SMILES string of the molecule is CN(Cc1cccs1)c1nc(NN)ncc1F.